The van der Waals surface area contributed by atoms with E-state index in [1.54, 1.807) is 6.92 Å². The maximum absolute atomic E-state index is 12.0. The van der Waals surface area contributed by atoms with Crippen LogP contribution in [0.3, 0.4) is 0 Å². The minimum absolute atomic E-state index is 0.230. The third-order valence-electron chi connectivity index (χ3n) is 4.19. The summed E-state index contributed by atoms with van der Waals surface area (Å²) in [7, 11) is 0. The number of nitrogens with zero attached hydrogens (tertiary/aromatic N) is 1. The second-order valence-electron chi connectivity index (χ2n) is 6.14. The van der Waals surface area contributed by atoms with Gasteiger partial charge in [-0.2, -0.15) is 0 Å². The Kier molecular flexibility index (Phi) is 4.94. The Balaban J connectivity index is 1.71. The van der Waals surface area contributed by atoms with Crippen LogP contribution in [0.15, 0.2) is 23.6 Å². The molecule has 2 aromatic rings. The zero-order valence-electron chi connectivity index (χ0n) is 13.9. The van der Waals surface area contributed by atoms with Gasteiger partial charge in [-0.25, -0.2) is 4.98 Å². The van der Waals surface area contributed by atoms with E-state index in [9.17, 15) is 9.59 Å². The summed E-state index contributed by atoms with van der Waals surface area (Å²) in [6, 6.07) is 5.93. The highest BCUT2D eigenvalue weighted by Gasteiger charge is 2.16. The van der Waals surface area contributed by atoms with E-state index in [1.165, 1.54) is 42.2 Å². The first-order valence-electron chi connectivity index (χ1n) is 8.18. The van der Waals surface area contributed by atoms with Gasteiger partial charge in [0.05, 0.1) is 5.69 Å². The van der Waals surface area contributed by atoms with Crippen molar-refractivity contribution >= 4 is 28.3 Å². The molecule has 24 heavy (non-hydrogen) atoms. The molecule has 2 N–H and O–H groups in total. The van der Waals surface area contributed by atoms with Crippen LogP contribution in [0.2, 0.25) is 0 Å². The van der Waals surface area contributed by atoms with E-state index < -0.39 is 6.04 Å². The quantitative estimate of drug-likeness (QED) is 0.896. The van der Waals surface area contributed by atoms with E-state index in [4.69, 9.17) is 0 Å². The average molecular weight is 343 g/mol. The maximum Gasteiger partial charge on any atom is 0.248 e. The highest BCUT2D eigenvalue weighted by Crippen LogP contribution is 2.29. The molecule has 0 radical (unpaired) electrons. The van der Waals surface area contributed by atoms with E-state index in [1.807, 2.05) is 5.38 Å². The first-order chi connectivity index (χ1) is 11.5. The van der Waals surface area contributed by atoms with Crippen LogP contribution in [-0.4, -0.2) is 22.8 Å². The number of benzene rings is 1. The molecule has 126 valence electrons. The molecule has 3 rings (SSSR count). The van der Waals surface area contributed by atoms with E-state index in [0.717, 1.165) is 24.1 Å². The predicted octanol–water partition coefficient (Wildman–Crippen LogP) is 3.15. The highest BCUT2D eigenvalue weighted by atomic mass is 32.1. The van der Waals surface area contributed by atoms with Crippen molar-refractivity contribution in [3.8, 4) is 11.3 Å². The molecule has 0 bridgehead atoms. The van der Waals surface area contributed by atoms with Gasteiger partial charge >= 0.3 is 0 Å². The van der Waals surface area contributed by atoms with E-state index in [2.05, 4.69) is 33.8 Å². The van der Waals surface area contributed by atoms with Crippen molar-refractivity contribution < 1.29 is 9.59 Å². The van der Waals surface area contributed by atoms with E-state index in [0.29, 0.717) is 5.13 Å². The first-order valence-corrected chi connectivity index (χ1v) is 9.06. The van der Waals surface area contributed by atoms with Crippen LogP contribution in [0.4, 0.5) is 5.13 Å². The molecular formula is C18H21N3O2S. The fourth-order valence-corrected chi connectivity index (χ4v) is 3.66. The molecular weight excluding hydrogens is 322 g/mol. The lowest BCUT2D eigenvalue weighted by molar-refractivity contribution is -0.124. The molecule has 1 heterocycles. The monoisotopic (exact) mass is 343 g/mol. The summed E-state index contributed by atoms with van der Waals surface area (Å²) in [5, 5.41) is 7.81. The number of carbonyl (C=O) groups is 2. The molecule has 1 atom stereocenters. The fraction of sp³-hybridized carbons (Fsp3) is 0.389. The topological polar surface area (TPSA) is 71.1 Å². The molecule has 1 aromatic carbocycles. The van der Waals surface area contributed by atoms with Crippen LogP contribution >= 0.6 is 11.3 Å². The molecule has 1 aromatic heterocycles. The van der Waals surface area contributed by atoms with Crippen molar-refractivity contribution in [2.24, 2.45) is 0 Å². The van der Waals surface area contributed by atoms with Gasteiger partial charge in [0.15, 0.2) is 5.13 Å². The van der Waals surface area contributed by atoms with Gasteiger partial charge in [-0.1, -0.05) is 12.1 Å². The first kappa shape index (κ1) is 16.6. The number of rotatable bonds is 4. The number of carbonyl (C=O) groups excluding carboxylic acids is 2. The van der Waals surface area contributed by atoms with Crippen molar-refractivity contribution in [2.45, 2.75) is 45.6 Å². The Morgan fingerprint density at radius 2 is 1.96 bits per heavy atom. The van der Waals surface area contributed by atoms with Crippen molar-refractivity contribution in [2.75, 3.05) is 5.32 Å². The minimum Gasteiger partial charge on any atom is -0.345 e. The molecule has 1 aliphatic carbocycles. The van der Waals surface area contributed by atoms with Gasteiger partial charge in [-0.15, -0.1) is 11.3 Å². The number of anilines is 1. The van der Waals surface area contributed by atoms with E-state index in [-0.39, 0.29) is 11.8 Å². The Morgan fingerprint density at radius 3 is 2.71 bits per heavy atom. The molecule has 6 heteroatoms. The van der Waals surface area contributed by atoms with Gasteiger partial charge in [0.2, 0.25) is 11.8 Å². The Labute approximate surface area is 145 Å². The molecule has 2 amide bonds. The maximum atomic E-state index is 12.0. The third-order valence-corrected chi connectivity index (χ3v) is 4.95. The molecule has 0 aliphatic heterocycles. The number of aryl methyl sites for hydroxylation is 2. The smallest absolute Gasteiger partial charge is 0.248 e. The predicted molar refractivity (Wildman–Crippen MR) is 96.1 cm³/mol. The second-order valence-corrected chi connectivity index (χ2v) is 7.00. The summed E-state index contributed by atoms with van der Waals surface area (Å²) in [6.45, 7) is 3.04. The fourth-order valence-electron chi connectivity index (χ4n) is 2.94. The van der Waals surface area contributed by atoms with Crippen molar-refractivity contribution in [1.29, 1.82) is 0 Å². The lowest BCUT2D eigenvalue weighted by Gasteiger charge is -2.16. The van der Waals surface area contributed by atoms with Gasteiger partial charge in [-0.3, -0.25) is 9.59 Å². The second kappa shape index (κ2) is 7.13. The number of hydrogen-bond acceptors (Lipinski definition) is 4. The molecule has 0 saturated carbocycles. The van der Waals surface area contributed by atoms with E-state index >= 15 is 0 Å². The number of amides is 2. The lowest BCUT2D eigenvalue weighted by Crippen LogP contribution is -2.40. The number of nitrogens with one attached hydrogen (secondary N) is 2. The van der Waals surface area contributed by atoms with Gasteiger partial charge in [0.25, 0.3) is 0 Å². The summed E-state index contributed by atoms with van der Waals surface area (Å²) in [5.41, 5.74) is 4.81. The van der Waals surface area contributed by atoms with Crippen LogP contribution in [0, 0.1) is 0 Å². The Morgan fingerprint density at radius 1 is 1.21 bits per heavy atom. The van der Waals surface area contributed by atoms with Crippen LogP contribution in [0.1, 0.15) is 37.8 Å². The summed E-state index contributed by atoms with van der Waals surface area (Å²) in [5.74, 6) is -0.497. The summed E-state index contributed by atoms with van der Waals surface area (Å²) in [6.07, 6.45) is 4.81. The number of hydrogen-bond donors (Lipinski definition) is 2. The van der Waals surface area contributed by atoms with Gasteiger partial charge < -0.3 is 10.6 Å². The standard InChI is InChI=1S/C18H21N3O2S/c1-11(19-12(2)22)17(23)21-18-20-16(10-24-18)15-8-7-13-5-3-4-6-14(13)9-15/h7-11H,3-6H2,1-2H3,(H,19,22)(H,20,21,23)/t11-/m0/s1. The number of aromatic nitrogens is 1. The van der Waals surface area contributed by atoms with Crippen LogP contribution in [0.25, 0.3) is 11.3 Å². The molecule has 5 nitrogen and oxygen atoms in total. The Bertz CT molecular complexity index is 769. The Hall–Kier alpha value is -2.21. The number of fused-ring (bicyclic) bond motifs is 1. The summed E-state index contributed by atoms with van der Waals surface area (Å²) in [4.78, 5) is 27.5. The zero-order valence-corrected chi connectivity index (χ0v) is 14.7. The molecule has 0 unspecified atom stereocenters. The van der Waals surface area contributed by atoms with Crippen LogP contribution in [0.5, 0.6) is 0 Å². The van der Waals surface area contributed by atoms with Crippen molar-refractivity contribution in [1.82, 2.24) is 10.3 Å². The van der Waals surface area contributed by atoms with Crippen LogP contribution in [-0.2, 0) is 22.4 Å². The SMILES string of the molecule is CC(=O)N[C@@H](C)C(=O)Nc1nc(-c2ccc3c(c2)CCCC3)cs1. The van der Waals surface area contributed by atoms with Crippen molar-refractivity contribution in [3.63, 3.8) is 0 Å². The van der Waals surface area contributed by atoms with Gasteiger partial charge in [0.1, 0.15) is 6.04 Å². The van der Waals surface area contributed by atoms with Crippen LogP contribution < -0.4 is 10.6 Å². The van der Waals surface area contributed by atoms with Gasteiger partial charge in [-0.05, 0) is 49.8 Å². The normalized spacial score (nSPS) is 14.6. The highest BCUT2D eigenvalue weighted by molar-refractivity contribution is 7.14. The summed E-state index contributed by atoms with van der Waals surface area (Å²) < 4.78 is 0. The van der Waals surface area contributed by atoms with Crippen molar-refractivity contribution in [3.05, 3.63) is 34.7 Å². The zero-order chi connectivity index (χ0) is 17.1. The molecule has 0 spiro atoms. The lowest BCUT2D eigenvalue weighted by atomic mass is 9.90. The summed E-state index contributed by atoms with van der Waals surface area (Å²) >= 11 is 1.39. The number of thiazole rings is 1. The molecule has 0 saturated heterocycles. The third kappa shape index (κ3) is 3.82. The molecule has 0 fully saturated rings. The molecule has 1 aliphatic rings. The average Bonchev–Trinajstić information content (AvgIpc) is 3.02. The largest absolute Gasteiger partial charge is 0.345 e. The minimum atomic E-state index is -0.585. The van der Waals surface area contributed by atoms with Gasteiger partial charge in [0, 0.05) is 17.9 Å².